The number of aryl methyl sites for hydroxylation is 1. The molecule has 1 heterocycles. The van der Waals surface area contributed by atoms with Gasteiger partial charge in [0.2, 0.25) is 5.89 Å². The number of carbonyl (C=O) groups excluding carboxylic acids is 1. The van der Waals surface area contributed by atoms with Crippen LogP contribution in [0.3, 0.4) is 0 Å². The van der Waals surface area contributed by atoms with Crippen LogP contribution in [-0.2, 0) is 16.0 Å². The summed E-state index contributed by atoms with van der Waals surface area (Å²) in [6.07, 6.45) is 0.668. The van der Waals surface area contributed by atoms with Crippen LogP contribution >= 0.6 is 0 Å². The zero-order valence-electron chi connectivity index (χ0n) is 17.0. The van der Waals surface area contributed by atoms with Crippen molar-refractivity contribution < 1.29 is 18.7 Å². The van der Waals surface area contributed by atoms with E-state index in [4.69, 9.17) is 9.15 Å². The smallest absolute Gasteiger partial charge is 0.319 e. The Bertz CT molecular complexity index is 920. The first kappa shape index (κ1) is 20.6. The lowest BCUT2D eigenvalue weighted by atomic mass is 10.1. The van der Waals surface area contributed by atoms with E-state index < -0.39 is 0 Å². The van der Waals surface area contributed by atoms with E-state index in [1.54, 1.807) is 0 Å². The van der Waals surface area contributed by atoms with Gasteiger partial charge in [0.05, 0.1) is 26.0 Å². The highest BCUT2D eigenvalue weighted by molar-refractivity contribution is 5.71. The molecule has 6 heteroatoms. The predicted octanol–water partition coefficient (Wildman–Crippen LogP) is 4.10. The van der Waals surface area contributed by atoms with Crippen molar-refractivity contribution in [3.63, 3.8) is 0 Å². The third-order valence-corrected chi connectivity index (χ3v) is 4.68. The van der Waals surface area contributed by atoms with Crippen LogP contribution in [0.5, 0.6) is 5.75 Å². The lowest BCUT2D eigenvalue weighted by Crippen LogP contribution is -2.26. The van der Waals surface area contributed by atoms with Gasteiger partial charge >= 0.3 is 5.97 Å². The summed E-state index contributed by atoms with van der Waals surface area (Å²) in [6.45, 7) is 4.61. The molecular weight excluding hydrogens is 368 g/mol. The van der Waals surface area contributed by atoms with E-state index in [-0.39, 0.29) is 18.6 Å². The highest BCUT2D eigenvalue weighted by Gasteiger charge is 2.12. The van der Waals surface area contributed by atoms with Crippen LogP contribution in [0.2, 0.25) is 0 Å². The molecule has 3 aromatic rings. The molecule has 3 rings (SSSR count). The number of hydrogen-bond donors (Lipinski definition) is 1. The maximum atomic E-state index is 11.2. The van der Waals surface area contributed by atoms with Gasteiger partial charge in [0.1, 0.15) is 11.5 Å². The minimum Gasteiger partial charge on any atom is -0.493 e. The summed E-state index contributed by atoms with van der Waals surface area (Å²) in [5, 5.41) is 3.12. The fraction of sp³-hybridized carbons (Fsp3) is 0.304. The molecule has 6 nitrogen and oxygen atoms in total. The molecule has 0 aliphatic heterocycles. The van der Waals surface area contributed by atoms with Crippen LogP contribution in [0, 0.1) is 6.92 Å². The van der Waals surface area contributed by atoms with Gasteiger partial charge < -0.3 is 19.2 Å². The first-order valence-corrected chi connectivity index (χ1v) is 9.61. The van der Waals surface area contributed by atoms with Crippen molar-refractivity contribution in [3.8, 4) is 17.2 Å². The van der Waals surface area contributed by atoms with E-state index >= 15 is 0 Å². The third-order valence-electron chi connectivity index (χ3n) is 4.68. The number of carbonyl (C=O) groups is 1. The molecule has 0 saturated carbocycles. The summed E-state index contributed by atoms with van der Waals surface area (Å²) in [4.78, 5) is 15.8. The summed E-state index contributed by atoms with van der Waals surface area (Å²) < 4.78 is 16.3. The number of ether oxygens (including phenoxy) is 2. The van der Waals surface area contributed by atoms with E-state index in [0.717, 1.165) is 28.3 Å². The second-order valence-corrected chi connectivity index (χ2v) is 6.73. The summed E-state index contributed by atoms with van der Waals surface area (Å²) in [5.41, 5.74) is 2.94. The quantitative estimate of drug-likeness (QED) is 0.551. The van der Waals surface area contributed by atoms with Gasteiger partial charge in [-0.05, 0) is 43.7 Å². The van der Waals surface area contributed by atoms with Crippen LogP contribution in [-0.4, -0.2) is 31.2 Å². The molecule has 0 saturated heterocycles. The maximum absolute atomic E-state index is 11.2. The number of benzene rings is 2. The SMILES string of the molecule is COC(=O)CNC(C)c1ccc(OCCc2nc(-c3ccccc3)oc2C)cc1. The number of hydrogen-bond acceptors (Lipinski definition) is 6. The lowest BCUT2D eigenvalue weighted by Gasteiger charge is -2.14. The Labute approximate surface area is 170 Å². The minimum atomic E-state index is -0.282. The Kier molecular flexibility index (Phi) is 7.03. The highest BCUT2D eigenvalue weighted by Crippen LogP contribution is 2.22. The first-order chi connectivity index (χ1) is 14.1. The van der Waals surface area contributed by atoms with Crippen LogP contribution in [0.4, 0.5) is 0 Å². The number of oxazole rings is 1. The van der Waals surface area contributed by atoms with Crippen LogP contribution < -0.4 is 10.1 Å². The Morgan fingerprint density at radius 2 is 1.86 bits per heavy atom. The number of methoxy groups -OCH3 is 1. The zero-order chi connectivity index (χ0) is 20.6. The van der Waals surface area contributed by atoms with E-state index in [0.29, 0.717) is 18.9 Å². The van der Waals surface area contributed by atoms with E-state index in [1.807, 2.05) is 68.4 Å². The largest absolute Gasteiger partial charge is 0.493 e. The van der Waals surface area contributed by atoms with Gasteiger partial charge in [0.25, 0.3) is 0 Å². The number of nitrogens with one attached hydrogen (secondary N) is 1. The predicted molar refractivity (Wildman–Crippen MR) is 111 cm³/mol. The second kappa shape index (κ2) is 9.89. The highest BCUT2D eigenvalue weighted by atomic mass is 16.5. The van der Waals surface area contributed by atoms with Gasteiger partial charge in [-0.15, -0.1) is 0 Å². The average molecular weight is 394 g/mol. The standard InChI is InChI=1S/C23H26N2O4/c1-16(24-15-22(26)27-3)18-9-11-20(12-10-18)28-14-13-21-17(2)29-23(25-21)19-7-5-4-6-8-19/h4-12,16,24H,13-15H2,1-3H3. The van der Waals surface area contributed by atoms with Gasteiger partial charge in [-0.1, -0.05) is 30.3 Å². The van der Waals surface area contributed by atoms with Gasteiger partial charge in [-0.2, -0.15) is 0 Å². The molecule has 1 unspecified atom stereocenters. The summed E-state index contributed by atoms with van der Waals surface area (Å²) in [6, 6.07) is 17.7. The lowest BCUT2D eigenvalue weighted by molar-refractivity contribution is -0.139. The summed E-state index contributed by atoms with van der Waals surface area (Å²) in [7, 11) is 1.38. The van der Waals surface area contributed by atoms with Crippen molar-refractivity contribution in [2.45, 2.75) is 26.3 Å². The molecular formula is C23H26N2O4. The summed E-state index contributed by atoms with van der Waals surface area (Å²) in [5.74, 6) is 1.96. The minimum absolute atomic E-state index is 0.0392. The molecule has 0 spiro atoms. The second-order valence-electron chi connectivity index (χ2n) is 6.73. The first-order valence-electron chi connectivity index (χ1n) is 9.61. The number of aromatic nitrogens is 1. The average Bonchev–Trinajstić information content (AvgIpc) is 3.13. The fourth-order valence-electron chi connectivity index (χ4n) is 2.91. The molecule has 1 N–H and O–H groups in total. The zero-order valence-corrected chi connectivity index (χ0v) is 17.0. The normalized spacial score (nSPS) is 11.8. The molecule has 1 atom stereocenters. The molecule has 152 valence electrons. The molecule has 0 aliphatic carbocycles. The number of nitrogens with zero attached hydrogens (tertiary/aromatic N) is 1. The Balaban J connectivity index is 1.51. The number of rotatable bonds is 9. The molecule has 1 aromatic heterocycles. The van der Waals surface area contributed by atoms with Crippen LogP contribution in [0.15, 0.2) is 59.0 Å². The maximum Gasteiger partial charge on any atom is 0.319 e. The van der Waals surface area contributed by atoms with Crippen molar-refractivity contribution in [2.24, 2.45) is 0 Å². The van der Waals surface area contributed by atoms with E-state index in [2.05, 4.69) is 15.0 Å². The van der Waals surface area contributed by atoms with Gasteiger partial charge in [-0.3, -0.25) is 4.79 Å². The topological polar surface area (TPSA) is 73.6 Å². The van der Waals surface area contributed by atoms with Gasteiger partial charge in [0, 0.05) is 18.0 Å². The van der Waals surface area contributed by atoms with Gasteiger partial charge in [-0.25, -0.2) is 4.98 Å². The van der Waals surface area contributed by atoms with Crippen molar-refractivity contribution in [1.29, 1.82) is 0 Å². The number of esters is 1. The van der Waals surface area contributed by atoms with Crippen molar-refractivity contribution >= 4 is 5.97 Å². The fourth-order valence-corrected chi connectivity index (χ4v) is 2.91. The molecule has 0 aliphatic rings. The van der Waals surface area contributed by atoms with E-state index in [1.165, 1.54) is 7.11 Å². The van der Waals surface area contributed by atoms with Crippen molar-refractivity contribution in [3.05, 3.63) is 71.6 Å². The van der Waals surface area contributed by atoms with Crippen LogP contribution in [0.25, 0.3) is 11.5 Å². The van der Waals surface area contributed by atoms with Crippen LogP contribution in [0.1, 0.15) is 30.0 Å². The molecule has 0 amide bonds. The third kappa shape index (κ3) is 5.68. The molecule has 0 fully saturated rings. The molecule has 0 radical (unpaired) electrons. The van der Waals surface area contributed by atoms with E-state index in [9.17, 15) is 4.79 Å². The Morgan fingerprint density at radius 3 is 2.55 bits per heavy atom. The Hall–Kier alpha value is -3.12. The molecule has 2 aromatic carbocycles. The van der Waals surface area contributed by atoms with Crippen molar-refractivity contribution in [1.82, 2.24) is 10.3 Å². The van der Waals surface area contributed by atoms with Crippen molar-refractivity contribution in [2.75, 3.05) is 20.3 Å². The molecule has 0 bridgehead atoms. The summed E-state index contributed by atoms with van der Waals surface area (Å²) >= 11 is 0. The molecule has 29 heavy (non-hydrogen) atoms. The van der Waals surface area contributed by atoms with Gasteiger partial charge in [0.15, 0.2) is 0 Å². The monoisotopic (exact) mass is 394 g/mol. The Morgan fingerprint density at radius 1 is 1.14 bits per heavy atom.